The zero-order chi connectivity index (χ0) is 36.6. The number of rotatable bonds is 10. The Bertz CT molecular complexity index is 2110. The van der Waals surface area contributed by atoms with E-state index in [0.29, 0.717) is 41.4 Å². The first-order valence-electron chi connectivity index (χ1n) is 17.1. The lowest BCUT2D eigenvalue weighted by molar-refractivity contribution is 0.0601. The van der Waals surface area contributed by atoms with E-state index in [0.717, 1.165) is 92.7 Å². The van der Waals surface area contributed by atoms with Gasteiger partial charge >= 0.3 is 5.97 Å². The maximum atomic E-state index is 14.3. The molecular formula is C39H44Cl2N6O4. The number of likely N-dealkylation sites (N-methyl/N-ethyl adjacent to an activating group) is 1. The first kappa shape index (κ1) is 36.3. The van der Waals surface area contributed by atoms with Gasteiger partial charge in [0.15, 0.2) is 0 Å². The van der Waals surface area contributed by atoms with Gasteiger partial charge in [0, 0.05) is 66.1 Å². The van der Waals surface area contributed by atoms with Crippen LogP contribution >= 0.6 is 23.2 Å². The standard InChI is InChI=1S/C39H44Cl2N6O4/c1-22-19-27(20-23(2)35(22)41)51-18-8-9-28-29-12-13-31(40)34(33-24(3)44-46(6)25(33)4)36(29)43-37(28)38(48)42-26-10-11-30(39(49)50-7)32(21-26)47-16-14-45(5)15-17-47/h10-13,19-21,43H,8-9,14-18H2,1-7H3,(H,42,48). The lowest BCUT2D eigenvalue weighted by Gasteiger charge is -2.35. The van der Waals surface area contributed by atoms with Crippen molar-refractivity contribution in [1.82, 2.24) is 19.7 Å². The number of halogens is 2. The molecule has 0 aliphatic carbocycles. The van der Waals surface area contributed by atoms with Gasteiger partial charge in [-0.2, -0.15) is 5.10 Å². The Kier molecular flexibility index (Phi) is 10.7. The van der Waals surface area contributed by atoms with Crippen molar-refractivity contribution in [1.29, 1.82) is 0 Å². The van der Waals surface area contributed by atoms with Crippen LogP contribution in [0.2, 0.25) is 10.0 Å². The van der Waals surface area contributed by atoms with Gasteiger partial charge in [-0.15, -0.1) is 0 Å². The molecule has 51 heavy (non-hydrogen) atoms. The lowest BCUT2D eigenvalue weighted by Crippen LogP contribution is -2.45. The van der Waals surface area contributed by atoms with Crippen molar-refractivity contribution >= 4 is 57.4 Å². The van der Waals surface area contributed by atoms with Crippen LogP contribution in [0.1, 0.15) is 55.3 Å². The average Bonchev–Trinajstić information content (AvgIpc) is 3.60. The molecule has 268 valence electrons. The zero-order valence-electron chi connectivity index (χ0n) is 30.2. The Labute approximate surface area is 308 Å². The van der Waals surface area contributed by atoms with Crippen LogP contribution in [0.15, 0.2) is 42.5 Å². The van der Waals surface area contributed by atoms with Crippen molar-refractivity contribution in [3.05, 3.63) is 91.8 Å². The maximum Gasteiger partial charge on any atom is 0.339 e. The summed E-state index contributed by atoms with van der Waals surface area (Å²) in [5.41, 5.74) is 9.28. The van der Waals surface area contributed by atoms with Crippen LogP contribution in [0.4, 0.5) is 11.4 Å². The first-order chi connectivity index (χ1) is 24.4. The van der Waals surface area contributed by atoms with Gasteiger partial charge < -0.3 is 29.6 Å². The molecule has 2 N–H and O–H groups in total. The van der Waals surface area contributed by atoms with Crippen molar-refractivity contribution in [2.24, 2.45) is 7.05 Å². The van der Waals surface area contributed by atoms with E-state index in [1.165, 1.54) is 7.11 Å². The van der Waals surface area contributed by atoms with Gasteiger partial charge in [-0.1, -0.05) is 29.3 Å². The normalized spacial score (nSPS) is 13.5. The second kappa shape index (κ2) is 15.0. The van der Waals surface area contributed by atoms with E-state index in [2.05, 4.69) is 32.2 Å². The number of nitrogens with zero attached hydrogens (tertiary/aromatic N) is 4. The number of esters is 1. The van der Waals surface area contributed by atoms with E-state index in [-0.39, 0.29) is 5.91 Å². The average molecular weight is 732 g/mol. The number of carbonyl (C=O) groups is 2. The number of nitrogens with one attached hydrogen (secondary N) is 2. The molecule has 3 aromatic carbocycles. The Morgan fingerprint density at radius 1 is 0.941 bits per heavy atom. The van der Waals surface area contributed by atoms with E-state index >= 15 is 0 Å². The van der Waals surface area contributed by atoms with E-state index in [9.17, 15) is 9.59 Å². The fourth-order valence-electron chi connectivity index (χ4n) is 6.95. The summed E-state index contributed by atoms with van der Waals surface area (Å²) in [5, 5.41) is 9.96. The first-order valence-corrected chi connectivity index (χ1v) is 17.8. The van der Waals surface area contributed by atoms with E-state index in [4.69, 9.17) is 32.7 Å². The zero-order valence-corrected chi connectivity index (χ0v) is 31.7. The number of aryl methyl sites for hydroxylation is 5. The Morgan fingerprint density at radius 3 is 2.29 bits per heavy atom. The summed E-state index contributed by atoms with van der Waals surface area (Å²) in [5.74, 6) is 0.0357. The quantitative estimate of drug-likeness (QED) is 0.111. The number of carbonyl (C=O) groups excluding carboxylic acids is 2. The van der Waals surface area contributed by atoms with Gasteiger partial charge in [0.2, 0.25) is 0 Å². The monoisotopic (exact) mass is 730 g/mol. The smallest absolute Gasteiger partial charge is 0.339 e. The molecule has 1 saturated heterocycles. The Hall–Kier alpha value is -4.51. The second-order valence-corrected chi connectivity index (χ2v) is 14.1. The van der Waals surface area contributed by atoms with Gasteiger partial charge in [-0.05, 0) is 101 Å². The van der Waals surface area contributed by atoms with Crippen molar-refractivity contribution in [2.45, 2.75) is 40.5 Å². The highest BCUT2D eigenvalue weighted by atomic mass is 35.5. The van der Waals surface area contributed by atoms with Gasteiger partial charge in [-0.25, -0.2) is 4.79 Å². The fourth-order valence-corrected chi connectivity index (χ4v) is 7.31. The molecule has 1 aliphatic heterocycles. The van der Waals surface area contributed by atoms with Gasteiger partial charge in [0.05, 0.1) is 41.2 Å². The molecule has 5 aromatic rings. The van der Waals surface area contributed by atoms with Crippen LogP contribution in [-0.2, 0) is 18.2 Å². The Morgan fingerprint density at radius 2 is 1.65 bits per heavy atom. The fraction of sp³-hybridized carbons (Fsp3) is 0.359. The summed E-state index contributed by atoms with van der Waals surface area (Å²) < 4.78 is 13.1. The summed E-state index contributed by atoms with van der Waals surface area (Å²) in [6.45, 7) is 11.6. The highest BCUT2D eigenvalue weighted by molar-refractivity contribution is 6.35. The minimum Gasteiger partial charge on any atom is -0.494 e. The van der Waals surface area contributed by atoms with Gasteiger partial charge in [0.1, 0.15) is 11.4 Å². The van der Waals surface area contributed by atoms with Crippen molar-refractivity contribution < 1.29 is 19.1 Å². The largest absolute Gasteiger partial charge is 0.494 e. The minimum atomic E-state index is -0.420. The highest BCUT2D eigenvalue weighted by Gasteiger charge is 2.26. The van der Waals surface area contributed by atoms with Gasteiger partial charge in [0.25, 0.3) is 5.91 Å². The molecule has 0 bridgehead atoms. The molecule has 1 fully saturated rings. The summed E-state index contributed by atoms with van der Waals surface area (Å²) in [6, 6.07) is 13.0. The number of benzene rings is 3. The summed E-state index contributed by atoms with van der Waals surface area (Å²) >= 11 is 13.3. The van der Waals surface area contributed by atoms with Gasteiger partial charge in [-0.3, -0.25) is 9.48 Å². The predicted octanol–water partition coefficient (Wildman–Crippen LogP) is 7.91. The number of methoxy groups -OCH3 is 1. The number of H-pyrrole nitrogens is 1. The van der Waals surface area contributed by atoms with Crippen molar-refractivity contribution in [2.75, 3.05) is 57.2 Å². The summed E-state index contributed by atoms with van der Waals surface area (Å²) in [6.07, 6.45) is 1.21. The summed E-state index contributed by atoms with van der Waals surface area (Å²) in [4.78, 5) is 34.9. The number of piperazine rings is 1. The van der Waals surface area contributed by atoms with Crippen LogP contribution in [0.5, 0.6) is 5.75 Å². The number of fused-ring (bicyclic) bond motifs is 1. The van der Waals surface area contributed by atoms with Crippen LogP contribution in [-0.4, -0.2) is 78.5 Å². The number of aromatic nitrogens is 3. The van der Waals surface area contributed by atoms with Crippen LogP contribution < -0.4 is 15.0 Å². The number of ether oxygens (including phenoxy) is 2. The molecule has 0 atom stereocenters. The van der Waals surface area contributed by atoms with E-state index in [1.807, 2.05) is 69.8 Å². The third-order valence-electron chi connectivity index (χ3n) is 9.77. The molecule has 3 heterocycles. The third kappa shape index (κ3) is 7.31. The van der Waals surface area contributed by atoms with Crippen LogP contribution in [0.25, 0.3) is 22.0 Å². The molecule has 2 aromatic heterocycles. The molecule has 0 radical (unpaired) electrons. The second-order valence-electron chi connectivity index (χ2n) is 13.3. The topological polar surface area (TPSA) is 105 Å². The number of hydrogen-bond donors (Lipinski definition) is 2. The summed E-state index contributed by atoms with van der Waals surface area (Å²) in [7, 11) is 5.36. The van der Waals surface area contributed by atoms with E-state index < -0.39 is 5.97 Å². The highest BCUT2D eigenvalue weighted by Crippen LogP contribution is 2.40. The molecule has 1 aliphatic rings. The molecule has 0 saturated carbocycles. The van der Waals surface area contributed by atoms with Crippen molar-refractivity contribution in [3.8, 4) is 16.9 Å². The molecule has 0 spiro atoms. The van der Waals surface area contributed by atoms with Crippen LogP contribution in [0, 0.1) is 27.7 Å². The SMILES string of the molecule is COC(=O)c1ccc(NC(=O)c2[nH]c3c(-c4c(C)nn(C)c4C)c(Cl)ccc3c2CCCOc2cc(C)c(Cl)c(C)c2)cc1N1CCN(C)CC1. The number of hydrogen-bond acceptors (Lipinski definition) is 7. The van der Waals surface area contributed by atoms with Crippen LogP contribution in [0.3, 0.4) is 0 Å². The number of amides is 1. The van der Waals surface area contributed by atoms with Crippen molar-refractivity contribution in [3.63, 3.8) is 0 Å². The maximum absolute atomic E-state index is 14.3. The minimum absolute atomic E-state index is 0.303. The molecule has 1 amide bonds. The number of aromatic amines is 1. The van der Waals surface area contributed by atoms with E-state index in [1.54, 1.807) is 12.1 Å². The lowest BCUT2D eigenvalue weighted by atomic mass is 9.98. The predicted molar refractivity (Wildman–Crippen MR) is 205 cm³/mol. The molecule has 12 heteroatoms. The third-order valence-corrected chi connectivity index (χ3v) is 10.7. The number of anilines is 2. The molecule has 10 nitrogen and oxygen atoms in total. The Balaban J connectivity index is 1.36. The molecule has 0 unspecified atom stereocenters. The molecular weight excluding hydrogens is 687 g/mol. The molecule has 6 rings (SSSR count).